The lowest BCUT2D eigenvalue weighted by molar-refractivity contribution is -0.143. The Morgan fingerprint density at radius 2 is 1.19 bits per heavy atom. The van der Waals surface area contributed by atoms with Crippen LogP contribution in [0.15, 0.2) is 12.2 Å². The van der Waals surface area contributed by atoms with E-state index < -0.39 is 0 Å². The molecule has 0 aromatic heterocycles. The van der Waals surface area contributed by atoms with Crippen LogP contribution >= 0.6 is 0 Å². The van der Waals surface area contributed by atoms with Crippen LogP contribution in [0.25, 0.3) is 0 Å². The summed E-state index contributed by atoms with van der Waals surface area (Å²) in [6, 6.07) is 0. The van der Waals surface area contributed by atoms with Crippen molar-refractivity contribution in [2.75, 3.05) is 6.61 Å². The van der Waals surface area contributed by atoms with Crippen molar-refractivity contribution in [1.29, 1.82) is 0 Å². The Labute approximate surface area is 226 Å². The molecule has 36 heavy (non-hydrogen) atoms. The van der Waals surface area contributed by atoms with Crippen LogP contribution in [0.1, 0.15) is 175 Å². The average Bonchev–Trinajstić information content (AvgIpc) is 2.85. The summed E-state index contributed by atoms with van der Waals surface area (Å²) in [4.78, 5) is 11.9. The number of unbranched alkanes of at least 4 members (excludes halogenated alkanes) is 17. The number of aliphatic hydroxyl groups excluding tert-OH is 1. The van der Waals surface area contributed by atoms with Crippen LogP contribution in [0.2, 0.25) is 0 Å². The molecule has 0 aliphatic heterocycles. The van der Waals surface area contributed by atoms with E-state index in [1.807, 2.05) is 0 Å². The quantitative estimate of drug-likeness (QED) is 0.0649. The van der Waals surface area contributed by atoms with Crippen molar-refractivity contribution in [3.8, 4) is 0 Å². The molecule has 0 aliphatic carbocycles. The van der Waals surface area contributed by atoms with Crippen LogP contribution in [0.3, 0.4) is 0 Å². The molecule has 3 heteroatoms. The first-order chi connectivity index (χ1) is 17.6. The van der Waals surface area contributed by atoms with E-state index in [1.165, 1.54) is 103 Å². The van der Waals surface area contributed by atoms with E-state index in [0.717, 1.165) is 50.9 Å². The number of hydrogen-bond donors (Lipinski definition) is 1. The van der Waals surface area contributed by atoms with Crippen molar-refractivity contribution in [2.45, 2.75) is 181 Å². The Bertz CT molecular complexity index is 472. The summed E-state index contributed by atoms with van der Waals surface area (Å²) in [6.07, 6.45) is 32.8. The fraction of sp³-hybridized carbons (Fsp3) is 0.909. The van der Waals surface area contributed by atoms with Gasteiger partial charge in [0.15, 0.2) is 0 Å². The van der Waals surface area contributed by atoms with Crippen LogP contribution in [-0.2, 0) is 9.53 Å². The maximum absolute atomic E-state index is 11.9. The molecule has 0 rings (SSSR count). The molecule has 0 saturated carbocycles. The van der Waals surface area contributed by atoms with Gasteiger partial charge in [0.1, 0.15) is 0 Å². The predicted octanol–water partition coefficient (Wildman–Crippen LogP) is 10.5. The van der Waals surface area contributed by atoms with E-state index in [4.69, 9.17) is 4.74 Å². The highest BCUT2D eigenvalue weighted by atomic mass is 16.5. The first-order valence-corrected chi connectivity index (χ1v) is 16.0. The van der Waals surface area contributed by atoms with Gasteiger partial charge in [-0.3, -0.25) is 4.79 Å². The molecule has 0 unspecified atom stereocenters. The van der Waals surface area contributed by atoms with Gasteiger partial charge in [-0.05, 0) is 44.4 Å². The summed E-state index contributed by atoms with van der Waals surface area (Å²) in [6.45, 7) is 7.45. The Kier molecular flexibility index (Phi) is 28.1. The van der Waals surface area contributed by atoms with Gasteiger partial charge in [0.25, 0.3) is 0 Å². The molecule has 0 aromatic rings. The number of aliphatic hydroxyl groups is 1. The molecule has 0 radical (unpaired) electrons. The van der Waals surface area contributed by atoms with Crippen molar-refractivity contribution >= 4 is 5.97 Å². The van der Waals surface area contributed by atoms with E-state index in [0.29, 0.717) is 13.0 Å². The zero-order chi connectivity index (χ0) is 26.5. The van der Waals surface area contributed by atoms with Crippen molar-refractivity contribution in [3.05, 3.63) is 12.2 Å². The Balaban J connectivity index is 3.28. The third-order valence-electron chi connectivity index (χ3n) is 7.16. The zero-order valence-corrected chi connectivity index (χ0v) is 24.8. The molecule has 0 spiro atoms. The second-order valence-electron chi connectivity index (χ2n) is 11.5. The molecule has 0 aromatic carbocycles. The number of rotatable bonds is 28. The SMILES string of the molecule is CCCCCC[C@@H](O)CC=CCCCCCCCC(=O)OCCCCCCCCCCCCC(C)C. The summed E-state index contributed by atoms with van der Waals surface area (Å²) in [5, 5.41) is 9.96. The Hall–Kier alpha value is -0.830. The van der Waals surface area contributed by atoms with Gasteiger partial charge in [-0.1, -0.05) is 142 Å². The van der Waals surface area contributed by atoms with Crippen molar-refractivity contribution in [1.82, 2.24) is 0 Å². The topological polar surface area (TPSA) is 46.5 Å². The Morgan fingerprint density at radius 1 is 0.667 bits per heavy atom. The highest BCUT2D eigenvalue weighted by molar-refractivity contribution is 5.69. The largest absolute Gasteiger partial charge is 0.466 e. The lowest BCUT2D eigenvalue weighted by Crippen LogP contribution is -2.05. The standard InChI is InChI=1S/C33H64O3/c1-4-5-6-22-27-32(34)28-23-18-14-10-11-15-19-24-29-33(35)36-30-25-20-16-12-8-7-9-13-17-21-26-31(2)3/h18,23,31-32,34H,4-17,19-22,24-30H2,1-3H3/t32-/m1/s1. The fourth-order valence-corrected chi connectivity index (χ4v) is 4.68. The molecular formula is C33H64O3. The monoisotopic (exact) mass is 508 g/mol. The molecule has 0 amide bonds. The van der Waals surface area contributed by atoms with Gasteiger partial charge in [0, 0.05) is 6.42 Å². The summed E-state index contributed by atoms with van der Waals surface area (Å²) >= 11 is 0. The van der Waals surface area contributed by atoms with Crippen LogP contribution < -0.4 is 0 Å². The highest BCUT2D eigenvalue weighted by Crippen LogP contribution is 2.14. The first kappa shape index (κ1) is 35.2. The van der Waals surface area contributed by atoms with Gasteiger partial charge in [-0.2, -0.15) is 0 Å². The number of carbonyl (C=O) groups is 1. The summed E-state index contributed by atoms with van der Waals surface area (Å²) < 4.78 is 5.40. The molecular weight excluding hydrogens is 444 g/mol. The number of allylic oxidation sites excluding steroid dienone is 1. The molecule has 0 aliphatic rings. The van der Waals surface area contributed by atoms with Gasteiger partial charge in [0.2, 0.25) is 0 Å². The van der Waals surface area contributed by atoms with Gasteiger partial charge >= 0.3 is 5.97 Å². The zero-order valence-electron chi connectivity index (χ0n) is 24.8. The number of carbonyl (C=O) groups excluding carboxylic acids is 1. The van der Waals surface area contributed by atoms with E-state index in [1.54, 1.807) is 0 Å². The van der Waals surface area contributed by atoms with Crippen molar-refractivity contribution < 1.29 is 14.6 Å². The van der Waals surface area contributed by atoms with E-state index in [2.05, 4.69) is 32.9 Å². The Morgan fingerprint density at radius 3 is 1.83 bits per heavy atom. The molecule has 3 nitrogen and oxygen atoms in total. The van der Waals surface area contributed by atoms with E-state index in [9.17, 15) is 9.90 Å². The maximum atomic E-state index is 11.9. The van der Waals surface area contributed by atoms with Gasteiger partial charge in [-0.25, -0.2) is 0 Å². The second-order valence-corrected chi connectivity index (χ2v) is 11.5. The summed E-state index contributed by atoms with van der Waals surface area (Å²) in [5.74, 6) is 0.846. The molecule has 1 N–H and O–H groups in total. The van der Waals surface area contributed by atoms with Crippen LogP contribution in [-0.4, -0.2) is 23.8 Å². The molecule has 0 heterocycles. The smallest absolute Gasteiger partial charge is 0.305 e. The molecule has 1 atom stereocenters. The molecule has 0 fully saturated rings. The summed E-state index contributed by atoms with van der Waals surface area (Å²) in [5.41, 5.74) is 0. The van der Waals surface area contributed by atoms with E-state index >= 15 is 0 Å². The van der Waals surface area contributed by atoms with Crippen LogP contribution in [0.4, 0.5) is 0 Å². The number of esters is 1. The normalized spacial score (nSPS) is 12.6. The molecule has 0 saturated heterocycles. The van der Waals surface area contributed by atoms with Crippen molar-refractivity contribution in [2.24, 2.45) is 5.92 Å². The van der Waals surface area contributed by atoms with E-state index in [-0.39, 0.29) is 12.1 Å². The lowest BCUT2D eigenvalue weighted by Gasteiger charge is -2.07. The lowest BCUT2D eigenvalue weighted by atomic mass is 10.0. The van der Waals surface area contributed by atoms with Crippen LogP contribution in [0.5, 0.6) is 0 Å². The minimum atomic E-state index is -0.165. The number of hydrogen-bond acceptors (Lipinski definition) is 3. The average molecular weight is 509 g/mol. The van der Waals surface area contributed by atoms with Crippen LogP contribution in [0, 0.1) is 5.92 Å². The van der Waals surface area contributed by atoms with Gasteiger partial charge in [-0.15, -0.1) is 0 Å². The second kappa shape index (κ2) is 28.7. The molecule has 0 bridgehead atoms. The highest BCUT2D eigenvalue weighted by Gasteiger charge is 2.03. The fourth-order valence-electron chi connectivity index (χ4n) is 4.68. The van der Waals surface area contributed by atoms with Crippen molar-refractivity contribution in [3.63, 3.8) is 0 Å². The summed E-state index contributed by atoms with van der Waals surface area (Å²) in [7, 11) is 0. The van der Waals surface area contributed by atoms with Gasteiger partial charge in [0.05, 0.1) is 12.7 Å². The first-order valence-electron chi connectivity index (χ1n) is 16.0. The predicted molar refractivity (Wildman–Crippen MR) is 157 cm³/mol. The third-order valence-corrected chi connectivity index (χ3v) is 7.16. The molecule has 214 valence electrons. The number of ether oxygens (including phenoxy) is 1. The maximum Gasteiger partial charge on any atom is 0.305 e. The minimum absolute atomic E-state index is 0.0105. The minimum Gasteiger partial charge on any atom is -0.466 e. The third kappa shape index (κ3) is 29.4. The van der Waals surface area contributed by atoms with Gasteiger partial charge < -0.3 is 9.84 Å².